The van der Waals surface area contributed by atoms with Crippen LogP contribution >= 0.6 is 28.3 Å². The van der Waals surface area contributed by atoms with Crippen LogP contribution in [0.1, 0.15) is 37.3 Å². The third-order valence-electron chi connectivity index (χ3n) is 3.96. The molecule has 6 heteroatoms. The first-order valence-electron chi connectivity index (χ1n) is 9.13. The van der Waals surface area contributed by atoms with Gasteiger partial charge in [0.15, 0.2) is 0 Å². The normalized spacial score (nSPS) is 10.5. The van der Waals surface area contributed by atoms with E-state index in [1.807, 2.05) is 24.3 Å². The molecule has 0 unspecified atom stereocenters. The molecule has 0 saturated heterocycles. The first-order valence-corrected chi connectivity index (χ1v) is 9.93. The van der Waals surface area contributed by atoms with Crippen LogP contribution < -0.4 is 10.1 Å². The standard InChI is InChI=1S/C21H27BrFNO2.ClH/c1-2-3-12-25-13-6-11-24-15-18-14-19(22)9-10-21(18)26-16-17-7-4-5-8-20(17)23;/h4-5,7-10,14,24H,2-3,6,11-13,15-16H2,1H3;1H. The predicted octanol–water partition coefficient (Wildman–Crippen LogP) is 5.89. The second-order valence-corrected chi connectivity index (χ2v) is 7.04. The summed E-state index contributed by atoms with van der Waals surface area (Å²) in [5, 5.41) is 3.41. The summed E-state index contributed by atoms with van der Waals surface area (Å²) in [6.45, 7) is 5.58. The van der Waals surface area contributed by atoms with Gasteiger partial charge in [-0.2, -0.15) is 0 Å². The minimum Gasteiger partial charge on any atom is -0.488 e. The molecule has 0 aliphatic heterocycles. The van der Waals surface area contributed by atoms with E-state index in [4.69, 9.17) is 9.47 Å². The van der Waals surface area contributed by atoms with Gasteiger partial charge in [-0.05, 0) is 43.7 Å². The summed E-state index contributed by atoms with van der Waals surface area (Å²) < 4.78 is 26.2. The summed E-state index contributed by atoms with van der Waals surface area (Å²) in [7, 11) is 0. The molecule has 0 aromatic heterocycles. The topological polar surface area (TPSA) is 30.5 Å². The lowest BCUT2D eigenvalue weighted by Gasteiger charge is -2.13. The molecule has 1 N–H and O–H groups in total. The Kier molecular flexibility index (Phi) is 12.3. The molecule has 0 saturated carbocycles. The molecule has 27 heavy (non-hydrogen) atoms. The molecule has 3 nitrogen and oxygen atoms in total. The third-order valence-corrected chi connectivity index (χ3v) is 4.46. The quantitative estimate of drug-likeness (QED) is 0.401. The molecule has 0 aliphatic rings. The van der Waals surface area contributed by atoms with E-state index in [9.17, 15) is 4.39 Å². The Hall–Kier alpha value is -1.14. The molecule has 0 radical (unpaired) electrons. The van der Waals surface area contributed by atoms with Gasteiger partial charge in [-0.25, -0.2) is 4.39 Å². The van der Waals surface area contributed by atoms with Gasteiger partial charge in [0.05, 0.1) is 0 Å². The lowest BCUT2D eigenvalue weighted by Crippen LogP contribution is -2.17. The van der Waals surface area contributed by atoms with Crippen LogP contribution in [0.15, 0.2) is 46.9 Å². The van der Waals surface area contributed by atoms with Gasteiger partial charge in [-0.3, -0.25) is 0 Å². The molecule has 2 rings (SSSR count). The molecule has 0 heterocycles. The van der Waals surface area contributed by atoms with Gasteiger partial charge in [0, 0.05) is 35.4 Å². The van der Waals surface area contributed by atoms with E-state index in [2.05, 4.69) is 28.2 Å². The van der Waals surface area contributed by atoms with E-state index in [1.165, 1.54) is 6.07 Å². The SMILES string of the molecule is CCCCOCCCNCc1cc(Br)ccc1OCc1ccccc1F.Cl. The Bertz CT molecular complexity index is 672. The van der Waals surface area contributed by atoms with Crippen LogP contribution in [0.5, 0.6) is 5.75 Å². The van der Waals surface area contributed by atoms with Crippen molar-refractivity contribution in [3.05, 3.63) is 63.9 Å². The predicted molar refractivity (Wildman–Crippen MR) is 114 cm³/mol. The lowest BCUT2D eigenvalue weighted by molar-refractivity contribution is 0.128. The number of hydrogen-bond donors (Lipinski definition) is 1. The van der Waals surface area contributed by atoms with Crippen LogP contribution in [0, 0.1) is 5.82 Å². The van der Waals surface area contributed by atoms with Crippen molar-refractivity contribution < 1.29 is 13.9 Å². The highest BCUT2D eigenvalue weighted by Gasteiger charge is 2.07. The van der Waals surface area contributed by atoms with Crippen LogP contribution in [0.25, 0.3) is 0 Å². The lowest BCUT2D eigenvalue weighted by atomic mass is 10.2. The molecule has 0 aliphatic carbocycles. The second kappa shape index (κ2) is 13.9. The molecule has 0 amide bonds. The third kappa shape index (κ3) is 9.06. The highest BCUT2D eigenvalue weighted by molar-refractivity contribution is 9.10. The maximum Gasteiger partial charge on any atom is 0.129 e. The maximum absolute atomic E-state index is 13.7. The number of hydrogen-bond acceptors (Lipinski definition) is 3. The highest BCUT2D eigenvalue weighted by atomic mass is 79.9. The van der Waals surface area contributed by atoms with E-state index in [0.29, 0.717) is 12.1 Å². The van der Waals surface area contributed by atoms with E-state index in [-0.39, 0.29) is 24.8 Å². The van der Waals surface area contributed by atoms with Crippen LogP contribution in [-0.4, -0.2) is 19.8 Å². The van der Waals surface area contributed by atoms with E-state index in [1.54, 1.807) is 12.1 Å². The summed E-state index contributed by atoms with van der Waals surface area (Å²) in [5.74, 6) is 0.524. The zero-order valence-electron chi connectivity index (χ0n) is 15.7. The van der Waals surface area contributed by atoms with E-state index >= 15 is 0 Å². The van der Waals surface area contributed by atoms with Crippen molar-refractivity contribution in [2.24, 2.45) is 0 Å². The summed E-state index contributed by atoms with van der Waals surface area (Å²) >= 11 is 3.50. The van der Waals surface area contributed by atoms with Crippen molar-refractivity contribution >= 4 is 28.3 Å². The van der Waals surface area contributed by atoms with Crippen molar-refractivity contribution in [2.45, 2.75) is 39.3 Å². The Labute approximate surface area is 176 Å². The minimum atomic E-state index is -0.243. The largest absolute Gasteiger partial charge is 0.488 e. The summed E-state index contributed by atoms with van der Waals surface area (Å²) in [6, 6.07) is 12.6. The first kappa shape index (κ1) is 23.9. The maximum atomic E-state index is 13.7. The monoisotopic (exact) mass is 459 g/mol. The Morgan fingerprint density at radius 3 is 2.59 bits per heavy atom. The molecule has 0 fully saturated rings. The van der Waals surface area contributed by atoms with Crippen LogP contribution in [0.3, 0.4) is 0 Å². The molecule has 0 bridgehead atoms. The molecule has 150 valence electrons. The van der Waals surface area contributed by atoms with Crippen LogP contribution in [0.2, 0.25) is 0 Å². The number of unbranched alkanes of at least 4 members (excludes halogenated alkanes) is 1. The van der Waals surface area contributed by atoms with E-state index in [0.717, 1.165) is 54.8 Å². The fourth-order valence-corrected chi connectivity index (χ4v) is 2.88. The smallest absolute Gasteiger partial charge is 0.129 e. The summed E-state index contributed by atoms with van der Waals surface area (Å²) in [4.78, 5) is 0. The van der Waals surface area contributed by atoms with Crippen molar-refractivity contribution in [3.8, 4) is 5.75 Å². The average molecular weight is 461 g/mol. The molecule has 2 aromatic carbocycles. The second-order valence-electron chi connectivity index (χ2n) is 6.13. The number of benzene rings is 2. The Morgan fingerprint density at radius 1 is 1.04 bits per heavy atom. The minimum absolute atomic E-state index is 0. The Balaban J connectivity index is 0.00000364. The first-order chi connectivity index (χ1) is 12.7. The molecular weight excluding hydrogens is 433 g/mol. The van der Waals surface area contributed by atoms with Gasteiger partial charge in [-0.1, -0.05) is 47.5 Å². The zero-order chi connectivity index (χ0) is 18.6. The van der Waals surface area contributed by atoms with Gasteiger partial charge in [-0.15, -0.1) is 12.4 Å². The van der Waals surface area contributed by atoms with Crippen LogP contribution in [-0.2, 0) is 17.9 Å². The molecule has 2 aromatic rings. The van der Waals surface area contributed by atoms with Gasteiger partial charge in [0.1, 0.15) is 18.2 Å². The van der Waals surface area contributed by atoms with Crippen molar-refractivity contribution in [3.63, 3.8) is 0 Å². The summed E-state index contributed by atoms with van der Waals surface area (Å²) in [6.07, 6.45) is 3.26. The van der Waals surface area contributed by atoms with Gasteiger partial charge in [0.2, 0.25) is 0 Å². The number of nitrogens with one attached hydrogen (secondary N) is 1. The van der Waals surface area contributed by atoms with E-state index < -0.39 is 0 Å². The highest BCUT2D eigenvalue weighted by Crippen LogP contribution is 2.24. The zero-order valence-corrected chi connectivity index (χ0v) is 18.1. The van der Waals surface area contributed by atoms with Gasteiger partial charge in [0.25, 0.3) is 0 Å². The fraction of sp³-hybridized carbons (Fsp3) is 0.429. The number of rotatable bonds is 12. The Morgan fingerprint density at radius 2 is 1.81 bits per heavy atom. The van der Waals surface area contributed by atoms with Crippen molar-refractivity contribution in [1.82, 2.24) is 5.32 Å². The van der Waals surface area contributed by atoms with Crippen LogP contribution in [0.4, 0.5) is 4.39 Å². The fourth-order valence-electron chi connectivity index (χ4n) is 2.47. The van der Waals surface area contributed by atoms with Crippen molar-refractivity contribution in [1.29, 1.82) is 0 Å². The average Bonchev–Trinajstić information content (AvgIpc) is 2.64. The molecule has 0 spiro atoms. The molecular formula is C21H28BrClFNO2. The van der Waals surface area contributed by atoms with Gasteiger partial charge >= 0.3 is 0 Å². The number of halogens is 3. The van der Waals surface area contributed by atoms with Crippen molar-refractivity contribution in [2.75, 3.05) is 19.8 Å². The summed E-state index contributed by atoms with van der Waals surface area (Å²) in [5.41, 5.74) is 1.60. The molecule has 0 atom stereocenters. The number of ether oxygens (including phenoxy) is 2. The van der Waals surface area contributed by atoms with Gasteiger partial charge < -0.3 is 14.8 Å².